The number of amides is 3. The Bertz CT molecular complexity index is 928. The third-order valence-corrected chi connectivity index (χ3v) is 5.52. The zero-order chi connectivity index (χ0) is 27.7. The van der Waals surface area contributed by atoms with Gasteiger partial charge in [0.15, 0.2) is 0 Å². The molecule has 1 saturated heterocycles. The highest BCUT2D eigenvalue weighted by molar-refractivity contribution is 5.99. The van der Waals surface area contributed by atoms with Crippen LogP contribution in [0.2, 0.25) is 0 Å². The van der Waals surface area contributed by atoms with Crippen molar-refractivity contribution in [3.63, 3.8) is 0 Å². The molecule has 3 rings (SSSR count). The van der Waals surface area contributed by atoms with Crippen LogP contribution < -0.4 is 11.1 Å². The minimum Gasteiger partial charge on any atom is -0.478 e. The number of nitrogens with zero attached hydrogens (tertiary/aromatic N) is 2. The number of hydrogen-bond acceptors (Lipinski definition) is 5. The van der Waals surface area contributed by atoms with Gasteiger partial charge in [0, 0.05) is 26.5 Å². The van der Waals surface area contributed by atoms with E-state index in [4.69, 9.17) is 15.6 Å². The molecule has 9 nitrogen and oxygen atoms in total. The Morgan fingerprint density at radius 1 is 1.31 bits per heavy atom. The van der Waals surface area contributed by atoms with Gasteiger partial charge < -0.3 is 20.9 Å². The van der Waals surface area contributed by atoms with E-state index in [1.807, 2.05) is 20.9 Å². The molecule has 4 N–H and O–H groups in total. The van der Waals surface area contributed by atoms with Gasteiger partial charge in [-0.3, -0.25) is 4.79 Å². The topological polar surface area (TPSA) is 131 Å². The molecular formula is C27H43N4O5+. The Morgan fingerprint density at radius 3 is 2.39 bits per heavy atom. The highest BCUT2D eigenvalue weighted by Gasteiger charge is 2.45. The zero-order valence-electron chi connectivity index (χ0n) is 22.5. The van der Waals surface area contributed by atoms with Gasteiger partial charge >= 0.3 is 12.0 Å². The molecule has 200 valence electrons. The van der Waals surface area contributed by atoms with Crippen LogP contribution in [0.3, 0.4) is 0 Å². The summed E-state index contributed by atoms with van der Waals surface area (Å²) in [6, 6.07) is 6.51. The van der Waals surface area contributed by atoms with Crippen LogP contribution in [0.25, 0.3) is 6.08 Å². The summed E-state index contributed by atoms with van der Waals surface area (Å²) in [7, 11) is 3.43. The molecule has 0 radical (unpaired) electrons. The summed E-state index contributed by atoms with van der Waals surface area (Å²) >= 11 is 0. The Morgan fingerprint density at radius 2 is 1.92 bits per heavy atom. The lowest BCUT2D eigenvalue weighted by molar-refractivity contribution is -0.830. The van der Waals surface area contributed by atoms with E-state index in [-0.39, 0.29) is 34.6 Å². The van der Waals surface area contributed by atoms with Crippen LogP contribution in [-0.2, 0) is 9.53 Å². The number of carboxylic acids is 1. The van der Waals surface area contributed by atoms with Crippen molar-refractivity contribution in [3.05, 3.63) is 54.2 Å². The standard InChI is InChI=1S/C13H21N3O2.C9H8O2.C3H7NO.C2H6/c1-3-4-5-10-6-7-12(18-10)16(2)9-8-11(14)15-13(16)17;1-2-7-5-3-4-6-8(7)9(10)11;1-3(5)4-2;1-2/h8-10,12H,3-7H2,1-2H3,(H-,14,15,17);2-6H,1H2,(H,10,11);1-2H3,(H,4,5);1-2H3/p+1. The van der Waals surface area contributed by atoms with Crippen molar-refractivity contribution < 1.29 is 28.7 Å². The first-order chi connectivity index (χ1) is 17.1. The maximum Gasteiger partial charge on any atom is 0.451 e. The molecule has 0 aromatic heterocycles. The molecule has 9 heteroatoms. The third kappa shape index (κ3) is 10.5. The smallest absolute Gasteiger partial charge is 0.451 e. The minimum absolute atomic E-state index is 0.00463. The van der Waals surface area contributed by atoms with Crippen molar-refractivity contribution >= 4 is 29.8 Å². The van der Waals surface area contributed by atoms with Gasteiger partial charge in [0.2, 0.25) is 12.1 Å². The summed E-state index contributed by atoms with van der Waals surface area (Å²) in [5.74, 6) is -0.637. The summed E-state index contributed by atoms with van der Waals surface area (Å²) in [5.41, 5.74) is 6.48. The van der Waals surface area contributed by atoms with E-state index in [1.165, 1.54) is 25.8 Å². The molecule has 36 heavy (non-hydrogen) atoms. The van der Waals surface area contributed by atoms with E-state index in [1.54, 1.807) is 43.6 Å². The number of carboxylic acid groups (broad SMARTS) is 1. The number of hydrogen-bond donors (Lipinski definition) is 3. The second-order valence-electron chi connectivity index (χ2n) is 8.12. The molecule has 0 aliphatic carbocycles. The summed E-state index contributed by atoms with van der Waals surface area (Å²) in [4.78, 5) is 36.1. The van der Waals surface area contributed by atoms with Crippen LogP contribution in [0, 0.1) is 0 Å². The van der Waals surface area contributed by atoms with Crippen LogP contribution in [0.5, 0.6) is 0 Å². The lowest BCUT2D eigenvalue weighted by atomic mass is 10.1. The molecule has 0 bridgehead atoms. The average Bonchev–Trinajstić information content (AvgIpc) is 3.37. The highest BCUT2D eigenvalue weighted by Crippen LogP contribution is 2.31. The van der Waals surface area contributed by atoms with Gasteiger partial charge in [0.05, 0.1) is 18.7 Å². The van der Waals surface area contributed by atoms with Crippen LogP contribution in [0.4, 0.5) is 4.79 Å². The highest BCUT2D eigenvalue weighted by atomic mass is 16.5. The van der Waals surface area contributed by atoms with Crippen LogP contribution >= 0.6 is 0 Å². The Labute approximate surface area is 215 Å². The SMILES string of the molecule is C=Cc1ccccc1C(=O)O.CC.CCCCC1CCC([N+]2(C)C=CC(N)=NC2=O)O1.CNC(C)=O. The van der Waals surface area contributed by atoms with Crippen molar-refractivity contribution in [2.45, 2.75) is 72.1 Å². The minimum atomic E-state index is -0.916. The third-order valence-electron chi connectivity index (χ3n) is 5.52. The summed E-state index contributed by atoms with van der Waals surface area (Å²) in [5, 5.41) is 11.0. The maximum atomic E-state index is 12.0. The molecule has 0 saturated carbocycles. The number of rotatable bonds is 6. The molecule has 2 aliphatic rings. The summed E-state index contributed by atoms with van der Waals surface area (Å²) in [6.07, 6.45) is 10.5. The molecule has 3 atom stereocenters. The number of nitrogens with two attached hydrogens (primary N) is 1. The number of aromatic carboxylic acids is 1. The molecule has 0 spiro atoms. The Kier molecular flexibility index (Phi) is 15.6. The monoisotopic (exact) mass is 503 g/mol. The number of amidine groups is 1. The number of quaternary nitrogens is 1. The second kappa shape index (κ2) is 17.2. The Hall–Kier alpha value is -3.30. The normalized spacial score (nSPS) is 21.8. The van der Waals surface area contributed by atoms with Crippen molar-refractivity contribution in [1.82, 2.24) is 5.32 Å². The van der Waals surface area contributed by atoms with Crippen LogP contribution in [0.15, 0.2) is 48.1 Å². The van der Waals surface area contributed by atoms with Gasteiger partial charge in [-0.05, 0) is 24.5 Å². The number of carbonyl (C=O) groups excluding carboxylic acids is 2. The lowest BCUT2D eigenvalue weighted by Gasteiger charge is -2.32. The average molecular weight is 504 g/mol. The second-order valence-corrected chi connectivity index (χ2v) is 8.12. The lowest BCUT2D eigenvalue weighted by Crippen LogP contribution is -2.53. The zero-order valence-corrected chi connectivity index (χ0v) is 22.5. The van der Waals surface area contributed by atoms with Crippen LogP contribution in [-0.4, -0.2) is 59.8 Å². The van der Waals surface area contributed by atoms with E-state index in [0.717, 1.165) is 19.3 Å². The predicted octanol–water partition coefficient (Wildman–Crippen LogP) is 4.94. The molecule has 1 aromatic rings. The van der Waals surface area contributed by atoms with E-state index >= 15 is 0 Å². The quantitative estimate of drug-likeness (QED) is 0.471. The molecule has 3 amide bonds. The number of benzene rings is 1. The first-order valence-corrected chi connectivity index (χ1v) is 12.3. The van der Waals surface area contributed by atoms with Crippen molar-refractivity contribution in [1.29, 1.82) is 0 Å². The fourth-order valence-electron chi connectivity index (χ4n) is 3.36. The molecule has 2 heterocycles. The number of ether oxygens (including phenoxy) is 1. The van der Waals surface area contributed by atoms with Gasteiger partial charge in [-0.1, -0.05) is 64.5 Å². The number of carbonyl (C=O) groups is 3. The molecule has 1 fully saturated rings. The largest absolute Gasteiger partial charge is 0.478 e. The van der Waals surface area contributed by atoms with Gasteiger partial charge in [-0.2, -0.15) is 4.48 Å². The fourth-order valence-corrected chi connectivity index (χ4v) is 3.36. The van der Waals surface area contributed by atoms with E-state index < -0.39 is 5.97 Å². The van der Waals surface area contributed by atoms with Crippen molar-refractivity contribution in [2.75, 3.05) is 14.1 Å². The maximum absolute atomic E-state index is 12.0. The summed E-state index contributed by atoms with van der Waals surface area (Å²) < 4.78 is 6.09. The Balaban J connectivity index is 0.000000579. The molecule has 1 aromatic carbocycles. The summed E-state index contributed by atoms with van der Waals surface area (Å²) in [6.45, 7) is 11.2. The number of nitrogens with one attached hydrogen (secondary N) is 1. The van der Waals surface area contributed by atoms with E-state index in [0.29, 0.717) is 11.1 Å². The number of aliphatic imine (C=N–C) groups is 1. The molecule has 3 unspecified atom stereocenters. The van der Waals surface area contributed by atoms with Crippen molar-refractivity contribution in [3.8, 4) is 0 Å². The predicted molar refractivity (Wildman–Crippen MR) is 144 cm³/mol. The van der Waals surface area contributed by atoms with Gasteiger partial charge in [0.25, 0.3) is 0 Å². The first-order valence-electron chi connectivity index (χ1n) is 12.3. The van der Waals surface area contributed by atoms with Crippen LogP contribution in [0.1, 0.15) is 75.7 Å². The molecular weight excluding hydrogens is 460 g/mol. The van der Waals surface area contributed by atoms with Gasteiger partial charge in [0.1, 0.15) is 12.0 Å². The van der Waals surface area contributed by atoms with Crippen molar-refractivity contribution in [2.24, 2.45) is 10.7 Å². The number of urea groups is 1. The van der Waals surface area contributed by atoms with E-state index in [2.05, 4.69) is 23.8 Å². The number of unbranched alkanes of at least 4 members (excludes halogenated alkanes) is 1. The first kappa shape index (κ1) is 32.7. The molecule has 2 aliphatic heterocycles. The fraction of sp³-hybridized carbons (Fsp3) is 0.481. The van der Waals surface area contributed by atoms with Gasteiger partial charge in [-0.15, -0.1) is 4.99 Å². The van der Waals surface area contributed by atoms with E-state index in [9.17, 15) is 14.4 Å². The van der Waals surface area contributed by atoms with Gasteiger partial charge in [-0.25, -0.2) is 9.59 Å².